The van der Waals surface area contributed by atoms with Crippen molar-refractivity contribution in [2.24, 2.45) is 10.9 Å². The first-order valence-electron chi connectivity index (χ1n) is 10.2. The zero-order chi connectivity index (χ0) is 18.6. The van der Waals surface area contributed by atoms with Crippen LogP contribution in [0, 0.1) is 5.92 Å². The topological polar surface area (TPSA) is 84.0 Å². The zero-order valence-corrected chi connectivity index (χ0v) is 16.4. The summed E-state index contributed by atoms with van der Waals surface area (Å²) >= 11 is 0. The molecule has 0 spiro atoms. The summed E-state index contributed by atoms with van der Waals surface area (Å²) in [4.78, 5) is 15.9. The van der Waals surface area contributed by atoms with Gasteiger partial charge >= 0.3 is 6.09 Å². The van der Waals surface area contributed by atoms with Crippen molar-refractivity contribution in [3.05, 3.63) is 0 Å². The molecule has 1 atom stereocenters. The smallest absolute Gasteiger partial charge is 0.407 e. The fourth-order valence-electron chi connectivity index (χ4n) is 3.39. The molecule has 0 aromatic heterocycles. The summed E-state index contributed by atoms with van der Waals surface area (Å²) in [5.74, 6) is 1.27. The lowest BCUT2D eigenvalue weighted by Crippen LogP contribution is -2.48. The van der Waals surface area contributed by atoms with Crippen LogP contribution in [0.25, 0.3) is 0 Å². The Bertz CT molecular complexity index is 433. The highest BCUT2D eigenvalue weighted by Gasteiger charge is 2.32. The van der Waals surface area contributed by atoms with Gasteiger partial charge < -0.3 is 25.4 Å². The summed E-state index contributed by atoms with van der Waals surface area (Å²) in [6.45, 7) is 4.27. The largest absolute Gasteiger partial charge is 0.450 e. The molecular formula is C19H36N4O3. The SMILES string of the molecule is CCOC(=O)NC(CNC(=NC)NCCOC1CCCCCC1)C1CC1. The summed E-state index contributed by atoms with van der Waals surface area (Å²) in [6.07, 6.45) is 10.0. The Balaban J connectivity index is 1.62. The van der Waals surface area contributed by atoms with Crippen molar-refractivity contribution in [1.82, 2.24) is 16.0 Å². The molecule has 0 bridgehead atoms. The molecule has 1 amide bonds. The van der Waals surface area contributed by atoms with Crippen LogP contribution in [0.1, 0.15) is 58.3 Å². The highest BCUT2D eigenvalue weighted by molar-refractivity contribution is 5.79. The van der Waals surface area contributed by atoms with E-state index in [9.17, 15) is 4.79 Å². The van der Waals surface area contributed by atoms with E-state index in [1.807, 2.05) is 6.92 Å². The Morgan fingerprint density at radius 2 is 1.85 bits per heavy atom. The van der Waals surface area contributed by atoms with Crippen LogP contribution >= 0.6 is 0 Å². The number of carbonyl (C=O) groups is 1. The van der Waals surface area contributed by atoms with Gasteiger partial charge in [0.15, 0.2) is 5.96 Å². The highest BCUT2D eigenvalue weighted by atomic mass is 16.5. The summed E-state index contributed by atoms with van der Waals surface area (Å²) in [5.41, 5.74) is 0. The highest BCUT2D eigenvalue weighted by Crippen LogP contribution is 2.32. The fourth-order valence-corrected chi connectivity index (χ4v) is 3.39. The van der Waals surface area contributed by atoms with Gasteiger partial charge in [0.1, 0.15) is 0 Å². The number of ether oxygens (including phenoxy) is 2. The van der Waals surface area contributed by atoms with Gasteiger partial charge in [0.05, 0.1) is 25.4 Å². The average Bonchev–Trinajstić information content (AvgIpc) is 3.47. The first kappa shape index (κ1) is 20.8. The van der Waals surface area contributed by atoms with Crippen LogP contribution in [0.15, 0.2) is 4.99 Å². The minimum Gasteiger partial charge on any atom is -0.450 e. The van der Waals surface area contributed by atoms with Crippen molar-refractivity contribution >= 4 is 12.1 Å². The lowest BCUT2D eigenvalue weighted by molar-refractivity contribution is 0.0468. The van der Waals surface area contributed by atoms with Gasteiger partial charge in [0.25, 0.3) is 0 Å². The van der Waals surface area contributed by atoms with Crippen molar-refractivity contribution in [3.8, 4) is 0 Å². The third-order valence-corrected chi connectivity index (χ3v) is 5.03. The maximum Gasteiger partial charge on any atom is 0.407 e. The number of alkyl carbamates (subject to hydrolysis) is 1. The number of hydrogen-bond acceptors (Lipinski definition) is 4. The van der Waals surface area contributed by atoms with E-state index in [0.717, 1.165) is 25.3 Å². The van der Waals surface area contributed by atoms with Crippen molar-refractivity contribution in [2.75, 3.05) is 33.4 Å². The summed E-state index contributed by atoms with van der Waals surface area (Å²) in [7, 11) is 1.76. The van der Waals surface area contributed by atoms with E-state index in [0.29, 0.717) is 31.8 Å². The number of rotatable bonds is 9. The predicted octanol–water partition coefficient (Wildman–Crippen LogP) is 2.42. The van der Waals surface area contributed by atoms with Gasteiger partial charge in [-0.3, -0.25) is 4.99 Å². The third-order valence-electron chi connectivity index (χ3n) is 5.03. The molecule has 26 heavy (non-hydrogen) atoms. The van der Waals surface area contributed by atoms with Crippen molar-refractivity contribution in [3.63, 3.8) is 0 Å². The maximum absolute atomic E-state index is 11.7. The van der Waals surface area contributed by atoms with E-state index in [2.05, 4.69) is 20.9 Å². The number of hydrogen-bond donors (Lipinski definition) is 3. The molecule has 0 heterocycles. The summed E-state index contributed by atoms with van der Waals surface area (Å²) in [5, 5.41) is 9.53. The fraction of sp³-hybridized carbons (Fsp3) is 0.895. The second-order valence-electron chi connectivity index (χ2n) is 7.17. The van der Waals surface area contributed by atoms with Crippen LogP contribution in [0.2, 0.25) is 0 Å². The molecule has 7 heteroatoms. The molecule has 3 N–H and O–H groups in total. The second kappa shape index (κ2) is 12.0. The van der Waals surface area contributed by atoms with E-state index >= 15 is 0 Å². The minimum atomic E-state index is -0.342. The van der Waals surface area contributed by atoms with Gasteiger partial charge in [-0.15, -0.1) is 0 Å². The van der Waals surface area contributed by atoms with Gasteiger partial charge in [0, 0.05) is 20.1 Å². The van der Waals surface area contributed by atoms with E-state index in [1.165, 1.54) is 38.5 Å². The molecule has 0 aromatic carbocycles. The predicted molar refractivity (Wildman–Crippen MR) is 103 cm³/mol. The first-order valence-corrected chi connectivity index (χ1v) is 10.2. The standard InChI is InChI=1S/C19H36N4O3/c1-3-25-19(24)23-17(15-10-11-15)14-22-18(20-2)21-12-13-26-16-8-6-4-5-7-9-16/h15-17H,3-14H2,1-2H3,(H,23,24)(H2,20,21,22). The van der Waals surface area contributed by atoms with E-state index in [4.69, 9.17) is 9.47 Å². The van der Waals surface area contributed by atoms with E-state index < -0.39 is 0 Å². The monoisotopic (exact) mass is 368 g/mol. The van der Waals surface area contributed by atoms with Gasteiger partial charge in [-0.25, -0.2) is 4.79 Å². The molecule has 0 saturated heterocycles. The molecule has 0 radical (unpaired) electrons. The maximum atomic E-state index is 11.7. The number of carbonyl (C=O) groups excluding carboxylic acids is 1. The first-order chi connectivity index (χ1) is 12.7. The molecule has 2 aliphatic carbocycles. The molecule has 2 rings (SSSR count). The van der Waals surface area contributed by atoms with Crippen molar-refractivity contribution < 1.29 is 14.3 Å². The Labute approximate surface area is 157 Å². The molecule has 0 aromatic rings. The van der Waals surface area contributed by atoms with Gasteiger partial charge in [-0.1, -0.05) is 25.7 Å². The number of guanidine groups is 1. The van der Waals surface area contributed by atoms with Crippen LogP contribution in [0.5, 0.6) is 0 Å². The molecule has 2 saturated carbocycles. The zero-order valence-electron chi connectivity index (χ0n) is 16.4. The van der Waals surface area contributed by atoms with E-state index in [1.54, 1.807) is 7.05 Å². The van der Waals surface area contributed by atoms with Crippen LogP contribution < -0.4 is 16.0 Å². The van der Waals surface area contributed by atoms with Gasteiger partial charge in [-0.05, 0) is 38.5 Å². The number of aliphatic imine (C=N–C) groups is 1. The molecule has 150 valence electrons. The molecule has 2 fully saturated rings. The minimum absolute atomic E-state index is 0.0786. The summed E-state index contributed by atoms with van der Waals surface area (Å²) in [6, 6.07) is 0.0786. The van der Waals surface area contributed by atoms with Crippen molar-refractivity contribution in [2.45, 2.75) is 70.4 Å². The lowest BCUT2D eigenvalue weighted by atomic mass is 10.1. The number of nitrogens with zero attached hydrogens (tertiary/aromatic N) is 1. The van der Waals surface area contributed by atoms with Crippen LogP contribution in [-0.2, 0) is 9.47 Å². The van der Waals surface area contributed by atoms with E-state index in [-0.39, 0.29) is 12.1 Å². The lowest BCUT2D eigenvalue weighted by Gasteiger charge is -2.21. The van der Waals surface area contributed by atoms with Crippen LogP contribution in [0.4, 0.5) is 4.79 Å². The molecular weight excluding hydrogens is 332 g/mol. The number of amides is 1. The second-order valence-corrected chi connectivity index (χ2v) is 7.17. The third kappa shape index (κ3) is 8.25. The van der Waals surface area contributed by atoms with Crippen LogP contribution in [0.3, 0.4) is 0 Å². The normalized spacial score (nSPS) is 20.2. The van der Waals surface area contributed by atoms with Gasteiger partial charge in [-0.2, -0.15) is 0 Å². The van der Waals surface area contributed by atoms with Crippen molar-refractivity contribution in [1.29, 1.82) is 0 Å². The Kier molecular flexibility index (Phi) is 9.60. The van der Waals surface area contributed by atoms with Crippen LogP contribution in [-0.4, -0.2) is 57.5 Å². The Hall–Kier alpha value is -1.50. The Morgan fingerprint density at radius 1 is 1.12 bits per heavy atom. The quantitative estimate of drug-likeness (QED) is 0.252. The summed E-state index contributed by atoms with van der Waals surface area (Å²) < 4.78 is 11.0. The molecule has 0 aliphatic heterocycles. The number of nitrogens with one attached hydrogen (secondary N) is 3. The van der Waals surface area contributed by atoms with Gasteiger partial charge in [0.2, 0.25) is 0 Å². The molecule has 7 nitrogen and oxygen atoms in total. The average molecular weight is 369 g/mol. The Morgan fingerprint density at radius 3 is 2.46 bits per heavy atom. The molecule has 1 unspecified atom stereocenters. The molecule has 2 aliphatic rings.